The number of hydrogen-bond donors (Lipinski definition) is 1. The van der Waals surface area contributed by atoms with Gasteiger partial charge in [-0.3, -0.25) is 0 Å². The molecule has 3 rings (SSSR count). The molecule has 0 saturated heterocycles. The smallest absolute Gasteiger partial charge is 0.316 e. The lowest BCUT2D eigenvalue weighted by Crippen LogP contribution is -2.35. The molecule has 0 aliphatic carbocycles. The van der Waals surface area contributed by atoms with Gasteiger partial charge in [-0.25, -0.2) is 17.4 Å². The number of nitrogens with zero attached hydrogens (tertiary/aromatic N) is 2. The number of likely N-dealkylation sites (N-methyl/N-ethyl adjacent to an activating group) is 1. The maximum absolute atomic E-state index is 14.2. The summed E-state index contributed by atoms with van der Waals surface area (Å²) < 4.78 is 55.5. The highest BCUT2D eigenvalue weighted by atomic mass is 32.2. The van der Waals surface area contributed by atoms with E-state index in [4.69, 9.17) is 0 Å². The Hall–Kier alpha value is -2.45. The summed E-state index contributed by atoms with van der Waals surface area (Å²) in [6.45, 7) is 0.714. The van der Waals surface area contributed by atoms with Crippen molar-refractivity contribution in [2.24, 2.45) is 0 Å². The molecule has 0 saturated carbocycles. The van der Waals surface area contributed by atoms with E-state index < -0.39 is 21.8 Å². The predicted octanol–water partition coefficient (Wildman–Crippen LogP) is 2.94. The summed E-state index contributed by atoms with van der Waals surface area (Å²) in [5.41, 5.74) is 0.561. The highest BCUT2D eigenvalue weighted by Gasteiger charge is 2.41. The first-order valence-electron chi connectivity index (χ1n) is 7.63. The second kappa shape index (κ2) is 6.81. The van der Waals surface area contributed by atoms with Gasteiger partial charge in [-0.1, -0.05) is 24.3 Å². The third-order valence-electron chi connectivity index (χ3n) is 3.77. The van der Waals surface area contributed by atoms with Crippen LogP contribution in [0.15, 0.2) is 54.6 Å². The summed E-state index contributed by atoms with van der Waals surface area (Å²) in [7, 11) is -2.25. The van der Waals surface area contributed by atoms with Gasteiger partial charge in [0, 0.05) is 12.6 Å². The minimum absolute atomic E-state index is 0.111. The molecule has 0 unspecified atom stereocenters. The van der Waals surface area contributed by atoms with Crippen molar-refractivity contribution in [1.29, 1.82) is 0 Å². The van der Waals surface area contributed by atoms with E-state index in [-0.39, 0.29) is 12.2 Å². The van der Waals surface area contributed by atoms with Gasteiger partial charge >= 0.3 is 10.2 Å². The molecule has 0 radical (unpaired) electrons. The Morgan fingerprint density at radius 3 is 2.44 bits per heavy atom. The first kappa shape index (κ1) is 17.4. The maximum atomic E-state index is 14.2. The normalized spacial score (nSPS) is 15.8. The number of nitrogens with one attached hydrogen (secondary N) is 1. The molecule has 1 N–H and O–H groups in total. The molecule has 2 aromatic rings. The van der Waals surface area contributed by atoms with Crippen LogP contribution >= 0.6 is 0 Å². The van der Waals surface area contributed by atoms with E-state index in [0.717, 1.165) is 16.4 Å². The first-order valence-corrected chi connectivity index (χ1v) is 9.03. The Balaban J connectivity index is 2.08. The van der Waals surface area contributed by atoms with E-state index in [2.05, 4.69) is 5.32 Å². The van der Waals surface area contributed by atoms with Crippen molar-refractivity contribution in [2.75, 3.05) is 28.7 Å². The Morgan fingerprint density at radius 2 is 1.76 bits per heavy atom. The van der Waals surface area contributed by atoms with Crippen LogP contribution in [-0.2, 0) is 10.2 Å². The summed E-state index contributed by atoms with van der Waals surface area (Å²) in [5, 5.41) is 2.93. The lowest BCUT2D eigenvalue weighted by atomic mass is 10.2. The largest absolute Gasteiger partial charge is 0.331 e. The molecule has 0 bridgehead atoms. The Labute approximate surface area is 145 Å². The number of benzene rings is 2. The van der Waals surface area contributed by atoms with Crippen LogP contribution in [0.5, 0.6) is 0 Å². The number of rotatable bonds is 5. The average molecular weight is 365 g/mol. The number of anilines is 3. The Kier molecular flexibility index (Phi) is 4.73. The van der Waals surface area contributed by atoms with Crippen LogP contribution in [0.3, 0.4) is 0 Å². The standard InChI is InChI=1S/C17H17F2N3O2S/c1-20-10-4-5-11-21-16-6-2-3-7-17(16)22(25(21,23)24)15-9-8-13(18)12-14(15)19/h2-9,12,20H,10-11H2,1H3/b5-4+. The summed E-state index contributed by atoms with van der Waals surface area (Å²) in [5.74, 6) is -1.70. The van der Waals surface area contributed by atoms with E-state index in [1.807, 2.05) is 0 Å². The monoisotopic (exact) mass is 365 g/mol. The maximum Gasteiger partial charge on any atom is 0.331 e. The van der Waals surface area contributed by atoms with Gasteiger partial charge in [-0.05, 0) is 31.3 Å². The number of para-hydroxylation sites is 2. The Bertz CT molecular complexity index is 916. The fourth-order valence-electron chi connectivity index (χ4n) is 2.66. The molecular formula is C17H17F2N3O2S. The van der Waals surface area contributed by atoms with Crippen molar-refractivity contribution in [3.8, 4) is 0 Å². The summed E-state index contributed by atoms with van der Waals surface area (Å²) in [6.07, 6.45) is 3.52. The SMILES string of the molecule is CNC/C=C/CN1c2ccccc2N(c2ccc(F)cc2F)S1(=O)=O. The van der Waals surface area contributed by atoms with Gasteiger partial charge in [0.15, 0.2) is 5.82 Å². The quantitative estimate of drug-likeness (QED) is 0.829. The fraction of sp³-hybridized carbons (Fsp3) is 0.176. The molecule has 132 valence electrons. The van der Waals surface area contributed by atoms with Crippen molar-refractivity contribution < 1.29 is 17.2 Å². The van der Waals surface area contributed by atoms with Gasteiger partial charge in [-0.2, -0.15) is 8.42 Å². The number of halogens is 2. The summed E-state index contributed by atoms with van der Waals surface area (Å²) in [4.78, 5) is 0. The van der Waals surface area contributed by atoms with Crippen LogP contribution in [-0.4, -0.2) is 28.6 Å². The molecule has 0 amide bonds. The van der Waals surface area contributed by atoms with Gasteiger partial charge in [0.2, 0.25) is 0 Å². The van der Waals surface area contributed by atoms with Gasteiger partial charge in [0.1, 0.15) is 5.82 Å². The topological polar surface area (TPSA) is 52.6 Å². The molecule has 0 atom stereocenters. The van der Waals surface area contributed by atoms with Gasteiger partial charge < -0.3 is 5.32 Å². The van der Waals surface area contributed by atoms with E-state index in [1.54, 1.807) is 43.5 Å². The van der Waals surface area contributed by atoms with Crippen LogP contribution < -0.4 is 13.9 Å². The van der Waals surface area contributed by atoms with Crippen molar-refractivity contribution in [1.82, 2.24) is 5.32 Å². The van der Waals surface area contributed by atoms with E-state index in [9.17, 15) is 17.2 Å². The third-order valence-corrected chi connectivity index (χ3v) is 5.52. The molecule has 0 aromatic heterocycles. The second-order valence-corrected chi connectivity index (χ2v) is 7.12. The van der Waals surface area contributed by atoms with E-state index in [1.165, 1.54) is 4.31 Å². The van der Waals surface area contributed by atoms with Crippen LogP contribution in [0.25, 0.3) is 0 Å². The minimum Gasteiger partial charge on any atom is -0.316 e. The van der Waals surface area contributed by atoms with Gasteiger partial charge in [-0.15, -0.1) is 0 Å². The second-order valence-electron chi connectivity index (χ2n) is 5.42. The summed E-state index contributed by atoms with van der Waals surface area (Å²) >= 11 is 0. The molecule has 2 aromatic carbocycles. The average Bonchev–Trinajstić information content (AvgIpc) is 2.79. The summed E-state index contributed by atoms with van der Waals surface area (Å²) in [6, 6.07) is 9.45. The molecular weight excluding hydrogens is 348 g/mol. The molecule has 1 aliphatic rings. The zero-order chi connectivity index (χ0) is 18.0. The predicted molar refractivity (Wildman–Crippen MR) is 94.3 cm³/mol. The number of fused-ring (bicyclic) bond motifs is 1. The van der Waals surface area contributed by atoms with Crippen LogP contribution in [0, 0.1) is 11.6 Å². The molecule has 8 heteroatoms. The molecule has 1 aliphatic heterocycles. The Morgan fingerprint density at radius 1 is 1.04 bits per heavy atom. The molecule has 0 fully saturated rings. The fourth-order valence-corrected chi connectivity index (χ4v) is 4.33. The van der Waals surface area contributed by atoms with Crippen LogP contribution in [0.2, 0.25) is 0 Å². The third kappa shape index (κ3) is 3.10. The number of hydrogen-bond acceptors (Lipinski definition) is 3. The van der Waals surface area contributed by atoms with Crippen LogP contribution in [0.1, 0.15) is 0 Å². The van der Waals surface area contributed by atoms with Crippen molar-refractivity contribution in [3.05, 3.63) is 66.3 Å². The van der Waals surface area contributed by atoms with Crippen molar-refractivity contribution >= 4 is 27.3 Å². The molecule has 0 spiro atoms. The minimum atomic E-state index is -4.03. The molecule has 1 heterocycles. The zero-order valence-corrected chi connectivity index (χ0v) is 14.3. The van der Waals surface area contributed by atoms with E-state index >= 15 is 0 Å². The first-order chi connectivity index (χ1) is 12.0. The van der Waals surface area contributed by atoms with E-state index in [0.29, 0.717) is 24.0 Å². The molecule has 5 nitrogen and oxygen atoms in total. The lowest BCUT2D eigenvalue weighted by Gasteiger charge is -2.21. The van der Waals surface area contributed by atoms with Crippen molar-refractivity contribution in [3.63, 3.8) is 0 Å². The molecule has 25 heavy (non-hydrogen) atoms. The lowest BCUT2D eigenvalue weighted by molar-refractivity contribution is 0.579. The zero-order valence-electron chi connectivity index (χ0n) is 13.5. The van der Waals surface area contributed by atoms with Crippen LogP contribution in [0.4, 0.5) is 25.8 Å². The highest BCUT2D eigenvalue weighted by molar-refractivity contribution is 7.95. The highest BCUT2D eigenvalue weighted by Crippen LogP contribution is 2.45. The van der Waals surface area contributed by atoms with Gasteiger partial charge in [0.05, 0.1) is 23.6 Å². The van der Waals surface area contributed by atoms with Crippen molar-refractivity contribution in [2.45, 2.75) is 0 Å². The van der Waals surface area contributed by atoms with Gasteiger partial charge in [0.25, 0.3) is 0 Å².